The first-order valence-corrected chi connectivity index (χ1v) is 7.45. The van der Waals surface area contributed by atoms with Crippen LogP contribution in [0.4, 0.5) is 0 Å². The summed E-state index contributed by atoms with van der Waals surface area (Å²) < 4.78 is 1.46. The zero-order valence-electron chi connectivity index (χ0n) is 12.9. The van der Waals surface area contributed by atoms with Crippen molar-refractivity contribution in [3.63, 3.8) is 0 Å². The molecule has 1 fully saturated rings. The van der Waals surface area contributed by atoms with E-state index in [1.54, 1.807) is 25.5 Å². The van der Waals surface area contributed by atoms with E-state index in [0.29, 0.717) is 12.1 Å². The normalized spacial score (nSPS) is 21.8. The summed E-state index contributed by atoms with van der Waals surface area (Å²) in [6.45, 7) is 3.49. The van der Waals surface area contributed by atoms with E-state index in [2.05, 4.69) is 17.1 Å². The van der Waals surface area contributed by atoms with Gasteiger partial charge in [-0.1, -0.05) is 6.92 Å². The fourth-order valence-electron chi connectivity index (χ4n) is 3.09. The molecule has 116 valence electrons. The number of nitrogens with one attached hydrogen (secondary N) is 1. The predicted molar refractivity (Wildman–Crippen MR) is 82.8 cm³/mol. The topological polar surface area (TPSA) is 71.0 Å². The van der Waals surface area contributed by atoms with Gasteiger partial charge in [0.2, 0.25) is 0 Å². The van der Waals surface area contributed by atoms with Crippen molar-refractivity contribution in [3.8, 4) is 0 Å². The standard InChI is InChI=1S/C16H20N4O2/c1-16(13-4-7-17-18-13)6-3-8-20(11-16)15(22)12-5-9-19(2)14(21)10-12/h4-5,7,9-10H,3,6,8,11H2,1-2H3,(H,17,18). The lowest BCUT2D eigenvalue weighted by Gasteiger charge is -2.39. The summed E-state index contributed by atoms with van der Waals surface area (Å²) in [7, 11) is 1.67. The molecule has 3 heterocycles. The molecule has 0 saturated carbocycles. The van der Waals surface area contributed by atoms with Gasteiger partial charge in [-0.15, -0.1) is 0 Å². The lowest BCUT2D eigenvalue weighted by molar-refractivity contribution is 0.0647. The average molecular weight is 300 g/mol. The molecule has 2 aromatic rings. The van der Waals surface area contributed by atoms with E-state index < -0.39 is 0 Å². The van der Waals surface area contributed by atoms with Crippen molar-refractivity contribution in [2.24, 2.45) is 7.05 Å². The van der Waals surface area contributed by atoms with Crippen LogP contribution in [0.2, 0.25) is 0 Å². The average Bonchev–Trinajstić information content (AvgIpc) is 3.04. The fourth-order valence-corrected chi connectivity index (χ4v) is 3.09. The molecule has 1 saturated heterocycles. The number of hydrogen-bond donors (Lipinski definition) is 1. The number of likely N-dealkylation sites (tertiary alicyclic amines) is 1. The predicted octanol–water partition coefficient (Wildman–Crippen LogP) is 1.30. The van der Waals surface area contributed by atoms with Crippen molar-refractivity contribution in [2.45, 2.75) is 25.2 Å². The van der Waals surface area contributed by atoms with E-state index in [0.717, 1.165) is 25.1 Å². The number of nitrogens with zero attached hydrogens (tertiary/aromatic N) is 3. The van der Waals surface area contributed by atoms with Gasteiger partial charge in [0, 0.05) is 55.3 Å². The van der Waals surface area contributed by atoms with Crippen LogP contribution in [0.3, 0.4) is 0 Å². The van der Waals surface area contributed by atoms with Crippen molar-refractivity contribution in [3.05, 3.63) is 52.2 Å². The fraction of sp³-hybridized carbons (Fsp3) is 0.438. The van der Waals surface area contributed by atoms with Gasteiger partial charge < -0.3 is 9.47 Å². The maximum absolute atomic E-state index is 12.7. The first-order chi connectivity index (χ1) is 10.5. The highest BCUT2D eigenvalue weighted by Gasteiger charge is 2.35. The van der Waals surface area contributed by atoms with Gasteiger partial charge in [0.25, 0.3) is 11.5 Å². The number of H-pyrrole nitrogens is 1. The Hall–Kier alpha value is -2.37. The van der Waals surface area contributed by atoms with Crippen molar-refractivity contribution < 1.29 is 4.79 Å². The Morgan fingerprint density at radius 2 is 2.23 bits per heavy atom. The molecule has 0 aromatic carbocycles. The summed E-state index contributed by atoms with van der Waals surface area (Å²) in [5, 5.41) is 7.04. The zero-order valence-corrected chi connectivity index (χ0v) is 12.9. The SMILES string of the molecule is Cn1ccc(C(=O)N2CCCC(C)(c3ccn[nH]3)C2)cc1=O. The summed E-state index contributed by atoms with van der Waals surface area (Å²) in [5.74, 6) is -0.0804. The number of aromatic amines is 1. The van der Waals surface area contributed by atoms with E-state index in [1.165, 1.54) is 10.6 Å². The summed E-state index contributed by atoms with van der Waals surface area (Å²) in [6.07, 6.45) is 5.32. The highest BCUT2D eigenvalue weighted by molar-refractivity contribution is 5.94. The van der Waals surface area contributed by atoms with Crippen LogP contribution in [0.15, 0.2) is 35.4 Å². The van der Waals surface area contributed by atoms with Crippen LogP contribution in [-0.4, -0.2) is 38.7 Å². The first-order valence-electron chi connectivity index (χ1n) is 7.45. The van der Waals surface area contributed by atoms with E-state index >= 15 is 0 Å². The molecule has 6 nitrogen and oxygen atoms in total. The third-order valence-corrected chi connectivity index (χ3v) is 4.49. The van der Waals surface area contributed by atoms with Gasteiger partial charge in [-0.05, 0) is 25.0 Å². The molecule has 0 bridgehead atoms. The third kappa shape index (κ3) is 2.56. The van der Waals surface area contributed by atoms with E-state index in [4.69, 9.17) is 0 Å². The Kier molecular flexibility index (Phi) is 3.60. The van der Waals surface area contributed by atoms with Crippen molar-refractivity contribution >= 4 is 5.91 Å². The molecule has 1 aliphatic heterocycles. The van der Waals surface area contributed by atoms with Crippen LogP contribution in [0, 0.1) is 0 Å². The molecule has 2 aromatic heterocycles. The highest BCUT2D eigenvalue weighted by atomic mass is 16.2. The van der Waals surface area contributed by atoms with Crippen LogP contribution >= 0.6 is 0 Å². The van der Waals surface area contributed by atoms with Gasteiger partial charge in [-0.3, -0.25) is 14.7 Å². The van der Waals surface area contributed by atoms with E-state index in [1.807, 2.05) is 11.0 Å². The number of carbonyl (C=O) groups excluding carboxylic acids is 1. The molecular formula is C16H20N4O2. The molecule has 6 heteroatoms. The van der Waals surface area contributed by atoms with Crippen LogP contribution in [-0.2, 0) is 12.5 Å². The Morgan fingerprint density at radius 1 is 1.41 bits per heavy atom. The van der Waals surface area contributed by atoms with Crippen molar-refractivity contribution in [1.29, 1.82) is 0 Å². The largest absolute Gasteiger partial charge is 0.338 e. The minimum Gasteiger partial charge on any atom is -0.338 e. The number of rotatable bonds is 2. The number of amides is 1. The summed E-state index contributed by atoms with van der Waals surface area (Å²) >= 11 is 0. The number of carbonyl (C=O) groups is 1. The summed E-state index contributed by atoms with van der Waals surface area (Å²) in [6, 6.07) is 5.07. The van der Waals surface area contributed by atoms with Crippen LogP contribution in [0.25, 0.3) is 0 Å². The summed E-state index contributed by atoms with van der Waals surface area (Å²) in [4.78, 5) is 26.2. The molecule has 1 N–H and O–H groups in total. The maximum atomic E-state index is 12.7. The Morgan fingerprint density at radius 3 is 2.91 bits per heavy atom. The molecule has 0 aliphatic carbocycles. The molecule has 3 rings (SSSR count). The monoisotopic (exact) mass is 300 g/mol. The minimum absolute atomic E-state index is 0.0804. The number of piperidine rings is 1. The molecule has 22 heavy (non-hydrogen) atoms. The maximum Gasteiger partial charge on any atom is 0.254 e. The second-order valence-corrected chi connectivity index (χ2v) is 6.23. The molecule has 1 unspecified atom stereocenters. The van der Waals surface area contributed by atoms with Gasteiger partial charge in [0.1, 0.15) is 0 Å². The Labute approximate surface area is 128 Å². The smallest absolute Gasteiger partial charge is 0.254 e. The second kappa shape index (κ2) is 5.44. The highest BCUT2D eigenvalue weighted by Crippen LogP contribution is 2.32. The summed E-state index contributed by atoms with van der Waals surface area (Å²) in [5.41, 5.74) is 1.22. The van der Waals surface area contributed by atoms with Crippen LogP contribution < -0.4 is 5.56 Å². The Bertz CT molecular complexity index is 735. The lowest BCUT2D eigenvalue weighted by atomic mass is 9.79. The number of aromatic nitrogens is 3. The number of hydrogen-bond acceptors (Lipinski definition) is 3. The first kappa shape index (κ1) is 14.6. The Balaban J connectivity index is 1.84. The van der Waals surface area contributed by atoms with Gasteiger partial charge >= 0.3 is 0 Å². The minimum atomic E-state index is -0.167. The molecule has 1 amide bonds. The van der Waals surface area contributed by atoms with E-state index in [-0.39, 0.29) is 16.9 Å². The number of aryl methyl sites for hydroxylation is 1. The van der Waals surface area contributed by atoms with Crippen LogP contribution in [0.1, 0.15) is 35.8 Å². The third-order valence-electron chi connectivity index (χ3n) is 4.49. The molecular weight excluding hydrogens is 280 g/mol. The molecule has 0 radical (unpaired) electrons. The quantitative estimate of drug-likeness (QED) is 0.909. The lowest BCUT2D eigenvalue weighted by Crippen LogP contribution is -2.47. The molecule has 1 atom stereocenters. The second-order valence-electron chi connectivity index (χ2n) is 6.23. The van der Waals surface area contributed by atoms with Gasteiger partial charge in [-0.25, -0.2) is 0 Å². The van der Waals surface area contributed by atoms with Crippen LogP contribution in [0.5, 0.6) is 0 Å². The molecule has 0 spiro atoms. The van der Waals surface area contributed by atoms with Gasteiger partial charge in [-0.2, -0.15) is 5.10 Å². The number of pyridine rings is 1. The van der Waals surface area contributed by atoms with Gasteiger partial charge in [0.05, 0.1) is 0 Å². The van der Waals surface area contributed by atoms with Crippen molar-refractivity contribution in [1.82, 2.24) is 19.7 Å². The van der Waals surface area contributed by atoms with Gasteiger partial charge in [0.15, 0.2) is 0 Å². The van der Waals surface area contributed by atoms with Crippen molar-refractivity contribution in [2.75, 3.05) is 13.1 Å². The molecule has 1 aliphatic rings. The zero-order chi connectivity index (χ0) is 15.7. The van der Waals surface area contributed by atoms with E-state index in [9.17, 15) is 9.59 Å².